The van der Waals surface area contributed by atoms with Crippen LogP contribution in [0, 0.1) is 5.82 Å². The Morgan fingerprint density at radius 2 is 2.20 bits per heavy atom. The van der Waals surface area contributed by atoms with Gasteiger partial charge in [-0.05, 0) is 25.6 Å². The second-order valence-corrected chi connectivity index (χ2v) is 5.53. The molecule has 0 radical (unpaired) electrons. The molecule has 1 aromatic rings. The molecule has 1 fully saturated rings. The maximum absolute atomic E-state index is 13.1. The van der Waals surface area contributed by atoms with Crippen LogP contribution in [0.5, 0.6) is 0 Å². The molecule has 0 aliphatic carbocycles. The summed E-state index contributed by atoms with van der Waals surface area (Å²) in [6.07, 6.45) is 1.59. The van der Waals surface area contributed by atoms with Crippen molar-refractivity contribution in [2.75, 3.05) is 33.2 Å². The molecule has 0 aromatic heterocycles. The lowest BCUT2D eigenvalue weighted by atomic mass is 10.1. The number of nitrogens with zero attached hydrogens (tertiary/aromatic N) is 2. The summed E-state index contributed by atoms with van der Waals surface area (Å²) in [6, 6.07) is 6.54. The van der Waals surface area contributed by atoms with Crippen molar-refractivity contribution in [3.05, 3.63) is 35.6 Å². The lowest BCUT2D eigenvalue weighted by Crippen LogP contribution is -2.51. The molecule has 20 heavy (non-hydrogen) atoms. The molecule has 4 heteroatoms. The summed E-state index contributed by atoms with van der Waals surface area (Å²) >= 11 is 0. The van der Waals surface area contributed by atoms with Crippen LogP contribution >= 0.6 is 0 Å². The molecule has 1 aliphatic rings. The minimum atomic E-state index is -0.346. The summed E-state index contributed by atoms with van der Waals surface area (Å²) in [4.78, 5) is 16.8. The summed E-state index contributed by atoms with van der Waals surface area (Å²) in [5.74, 6) is -0.321. The Bertz CT molecular complexity index is 464. The van der Waals surface area contributed by atoms with Crippen LogP contribution < -0.4 is 0 Å². The zero-order valence-corrected chi connectivity index (χ0v) is 12.3. The normalized spacial score (nSPS) is 21.1. The molecule has 1 aliphatic heterocycles. The molecular formula is C16H23FN2O. The number of piperazine rings is 1. The molecule has 0 amide bonds. The standard InChI is InChI=1S/C16H23FN2O/c1-3-15-12-19(10-9-18(15)2)8-7-16(20)13-5-4-6-14(17)11-13/h4-6,11,15H,3,7-10,12H2,1-2H3. The van der Waals surface area contributed by atoms with Crippen LogP contribution in [-0.4, -0.2) is 54.9 Å². The summed E-state index contributed by atoms with van der Waals surface area (Å²) in [5, 5.41) is 0. The van der Waals surface area contributed by atoms with E-state index in [-0.39, 0.29) is 11.6 Å². The average molecular weight is 278 g/mol. The van der Waals surface area contributed by atoms with Gasteiger partial charge in [-0.25, -0.2) is 4.39 Å². The van der Waals surface area contributed by atoms with Gasteiger partial charge in [-0.2, -0.15) is 0 Å². The van der Waals surface area contributed by atoms with Crippen molar-refractivity contribution < 1.29 is 9.18 Å². The molecule has 110 valence electrons. The molecule has 1 saturated heterocycles. The van der Waals surface area contributed by atoms with E-state index >= 15 is 0 Å². The minimum Gasteiger partial charge on any atom is -0.301 e. The Balaban J connectivity index is 1.84. The van der Waals surface area contributed by atoms with Gasteiger partial charge in [-0.1, -0.05) is 19.1 Å². The van der Waals surface area contributed by atoms with Crippen molar-refractivity contribution in [2.24, 2.45) is 0 Å². The number of likely N-dealkylation sites (N-methyl/N-ethyl adjacent to an activating group) is 1. The van der Waals surface area contributed by atoms with Crippen LogP contribution in [0.2, 0.25) is 0 Å². The number of hydrogen-bond donors (Lipinski definition) is 0. The largest absolute Gasteiger partial charge is 0.301 e. The van der Waals surface area contributed by atoms with Gasteiger partial charge >= 0.3 is 0 Å². The topological polar surface area (TPSA) is 23.6 Å². The van der Waals surface area contributed by atoms with E-state index in [0.29, 0.717) is 18.0 Å². The van der Waals surface area contributed by atoms with Gasteiger partial charge in [-0.15, -0.1) is 0 Å². The fraction of sp³-hybridized carbons (Fsp3) is 0.562. The molecule has 2 rings (SSSR count). The van der Waals surface area contributed by atoms with E-state index in [1.54, 1.807) is 12.1 Å². The van der Waals surface area contributed by atoms with E-state index in [0.717, 1.165) is 32.6 Å². The molecule has 1 unspecified atom stereocenters. The highest BCUT2D eigenvalue weighted by Crippen LogP contribution is 2.12. The molecule has 1 atom stereocenters. The van der Waals surface area contributed by atoms with Gasteiger partial charge in [0, 0.05) is 44.2 Å². The smallest absolute Gasteiger partial charge is 0.164 e. The lowest BCUT2D eigenvalue weighted by molar-refractivity contribution is 0.0824. The van der Waals surface area contributed by atoms with E-state index < -0.39 is 0 Å². The van der Waals surface area contributed by atoms with Crippen LogP contribution in [0.15, 0.2) is 24.3 Å². The number of carbonyl (C=O) groups is 1. The number of ketones is 1. The summed E-state index contributed by atoms with van der Waals surface area (Å²) in [7, 11) is 2.16. The van der Waals surface area contributed by atoms with Gasteiger partial charge < -0.3 is 9.80 Å². The molecule has 0 bridgehead atoms. The number of carbonyl (C=O) groups excluding carboxylic acids is 1. The molecule has 1 heterocycles. The van der Waals surface area contributed by atoms with E-state index in [1.807, 2.05) is 0 Å². The van der Waals surface area contributed by atoms with Gasteiger partial charge in [0.05, 0.1) is 0 Å². The third kappa shape index (κ3) is 3.87. The van der Waals surface area contributed by atoms with Crippen molar-refractivity contribution in [3.8, 4) is 0 Å². The van der Waals surface area contributed by atoms with Crippen molar-refractivity contribution in [1.29, 1.82) is 0 Å². The Morgan fingerprint density at radius 3 is 2.90 bits per heavy atom. The van der Waals surface area contributed by atoms with E-state index in [1.165, 1.54) is 12.1 Å². The first-order chi connectivity index (χ1) is 9.60. The predicted octanol–water partition coefficient (Wildman–Crippen LogP) is 2.42. The highest BCUT2D eigenvalue weighted by atomic mass is 19.1. The second kappa shape index (κ2) is 6.95. The zero-order valence-electron chi connectivity index (χ0n) is 12.3. The van der Waals surface area contributed by atoms with Crippen molar-refractivity contribution in [1.82, 2.24) is 9.80 Å². The highest BCUT2D eigenvalue weighted by molar-refractivity contribution is 5.96. The molecule has 0 saturated carbocycles. The summed E-state index contributed by atoms with van der Waals surface area (Å²) in [5.41, 5.74) is 0.478. The molecule has 0 N–H and O–H groups in total. The Hall–Kier alpha value is -1.26. The third-order valence-electron chi connectivity index (χ3n) is 4.13. The molecule has 3 nitrogen and oxygen atoms in total. The Kier molecular flexibility index (Phi) is 5.26. The van der Waals surface area contributed by atoms with Gasteiger partial charge in [0.25, 0.3) is 0 Å². The van der Waals surface area contributed by atoms with Crippen LogP contribution in [0.1, 0.15) is 30.1 Å². The van der Waals surface area contributed by atoms with Crippen molar-refractivity contribution >= 4 is 5.78 Å². The summed E-state index contributed by atoms with van der Waals surface area (Å²) in [6.45, 7) is 6.03. The fourth-order valence-electron chi connectivity index (χ4n) is 2.72. The SMILES string of the molecule is CCC1CN(CCC(=O)c2cccc(F)c2)CCN1C. The van der Waals surface area contributed by atoms with Crippen LogP contribution in [0.25, 0.3) is 0 Å². The quantitative estimate of drug-likeness (QED) is 0.773. The van der Waals surface area contributed by atoms with E-state index in [9.17, 15) is 9.18 Å². The van der Waals surface area contributed by atoms with Crippen LogP contribution in [-0.2, 0) is 0 Å². The van der Waals surface area contributed by atoms with Crippen molar-refractivity contribution in [2.45, 2.75) is 25.8 Å². The highest BCUT2D eigenvalue weighted by Gasteiger charge is 2.23. The minimum absolute atomic E-state index is 0.0245. The maximum atomic E-state index is 13.1. The van der Waals surface area contributed by atoms with Gasteiger partial charge in [0.15, 0.2) is 5.78 Å². The van der Waals surface area contributed by atoms with Gasteiger partial charge in [0.1, 0.15) is 5.82 Å². The monoisotopic (exact) mass is 278 g/mol. The van der Waals surface area contributed by atoms with Crippen LogP contribution in [0.4, 0.5) is 4.39 Å². The first-order valence-electron chi connectivity index (χ1n) is 7.31. The number of Topliss-reactive ketones (excluding diaryl/α,β-unsaturated/α-hetero) is 1. The predicted molar refractivity (Wildman–Crippen MR) is 78.5 cm³/mol. The lowest BCUT2D eigenvalue weighted by Gasteiger charge is -2.39. The average Bonchev–Trinajstić information content (AvgIpc) is 2.46. The first kappa shape index (κ1) is 15.1. The molecule has 0 spiro atoms. The Morgan fingerprint density at radius 1 is 1.40 bits per heavy atom. The number of halogens is 1. The van der Waals surface area contributed by atoms with E-state index in [2.05, 4.69) is 23.8 Å². The second-order valence-electron chi connectivity index (χ2n) is 5.53. The number of benzene rings is 1. The van der Waals surface area contributed by atoms with Crippen molar-refractivity contribution in [3.63, 3.8) is 0 Å². The van der Waals surface area contributed by atoms with Crippen LogP contribution in [0.3, 0.4) is 0 Å². The van der Waals surface area contributed by atoms with Gasteiger partial charge in [0.2, 0.25) is 0 Å². The first-order valence-corrected chi connectivity index (χ1v) is 7.31. The number of hydrogen-bond acceptors (Lipinski definition) is 3. The number of rotatable bonds is 5. The van der Waals surface area contributed by atoms with E-state index in [4.69, 9.17) is 0 Å². The summed E-state index contributed by atoms with van der Waals surface area (Å²) < 4.78 is 13.1. The molecular weight excluding hydrogens is 255 g/mol. The Labute approximate surface area is 120 Å². The third-order valence-corrected chi connectivity index (χ3v) is 4.13. The molecule has 1 aromatic carbocycles. The maximum Gasteiger partial charge on any atom is 0.164 e. The zero-order chi connectivity index (χ0) is 14.5. The van der Waals surface area contributed by atoms with Gasteiger partial charge in [-0.3, -0.25) is 4.79 Å². The fourth-order valence-corrected chi connectivity index (χ4v) is 2.72.